The van der Waals surface area contributed by atoms with E-state index in [-0.39, 0.29) is 0 Å². The number of hydrogen-bond donors (Lipinski definition) is 1. The summed E-state index contributed by atoms with van der Waals surface area (Å²) in [6.45, 7) is 1.81. The number of thiazole rings is 1. The first kappa shape index (κ1) is 10.7. The molecule has 11 heavy (non-hydrogen) atoms. The van der Waals surface area contributed by atoms with E-state index in [4.69, 9.17) is 0 Å². The summed E-state index contributed by atoms with van der Waals surface area (Å²) < 4.78 is 0.766. The van der Waals surface area contributed by atoms with Gasteiger partial charge in [-0.3, -0.25) is 4.79 Å². The molecule has 0 spiro atoms. The molecular weight excluding hydrogens is 228 g/mol. The molecule has 3 nitrogen and oxygen atoms in total. The van der Waals surface area contributed by atoms with Gasteiger partial charge >= 0.3 is 0 Å². The fourth-order valence-corrected chi connectivity index (χ4v) is 1.88. The maximum Gasteiger partial charge on any atom is 0.161 e. The van der Waals surface area contributed by atoms with Gasteiger partial charge in [0.2, 0.25) is 0 Å². The molecule has 62 valence electrons. The second kappa shape index (κ2) is 5.40. The molecule has 0 bridgehead atoms. The molecule has 1 aromatic rings. The zero-order chi connectivity index (χ0) is 8.85. The fourth-order valence-electron chi connectivity index (χ4n) is 0.484. The highest BCUT2D eigenvalue weighted by Gasteiger charge is 2.01. The minimum atomic E-state index is 0.696. The van der Waals surface area contributed by atoms with Crippen LogP contribution in [-0.2, 0) is 0 Å². The molecule has 2 N–H and O–H groups in total. The van der Waals surface area contributed by atoms with Crippen molar-refractivity contribution < 1.29 is 4.79 Å². The van der Waals surface area contributed by atoms with Crippen molar-refractivity contribution in [3.63, 3.8) is 0 Å². The Morgan fingerprint density at radius 1 is 1.64 bits per heavy atom. The summed E-state index contributed by atoms with van der Waals surface area (Å²) in [4.78, 5) is 14.9. The molecule has 1 rings (SSSR count). The van der Waals surface area contributed by atoms with Crippen LogP contribution in [0.1, 0.15) is 15.4 Å². The number of rotatable bonds is 1. The normalized spacial score (nSPS) is 8.36. The highest BCUT2D eigenvalue weighted by molar-refractivity contribution is 9.11. The number of halogens is 1. The Hall–Kier alpha value is -0.260. The Bertz CT molecular complexity index is 236. The predicted octanol–water partition coefficient (Wildman–Crippen LogP) is 1.60. The van der Waals surface area contributed by atoms with Gasteiger partial charge in [0.05, 0.1) is 10.6 Å². The number of carbonyl (C=O) groups is 1. The van der Waals surface area contributed by atoms with Crippen molar-refractivity contribution in [2.45, 2.75) is 6.92 Å². The van der Waals surface area contributed by atoms with Crippen molar-refractivity contribution in [2.75, 3.05) is 7.05 Å². The number of carbonyl (C=O) groups excluding carboxylic acids is 1. The van der Waals surface area contributed by atoms with Gasteiger partial charge in [-0.25, -0.2) is 4.98 Å². The highest BCUT2D eigenvalue weighted by atomic mass is 79.9. The van der Waals surface area contributed by atoms with Gasteiger partial charge < -0.3 is 5.73 Å². The third-order valence-electron chi connectivity index (χ3n) is 0.913. The molecule has 0 aliphatic heterocycles. The van der Waals surface area contributed by atoms with E-state index < -0.39 is 0 Å². The Balaban J connectivity index is 0.000000461. The maximum absolute atomic E-state index is 10.2. The van der Waals surface area contributed by atoms with E-state index in [9.17, 15) is 4.79 Å². The molecule has 5 heteroatoms. The number of hydrogen-bond acceptors (Lipinski definition) is 4. The second-order valence-corrected chi connectivity index (χ2v) is 3.84. The quantitative estimate of drug-likeness (QED) is 0.755. The lowest BCUT2D eigenvalue weighted by Crippen LogP contribution is -1.76. The molecular formula is C6H9BrN2OS. The molecule has 0 saturated carbocycles. The van der Waals surface area contributed by atoms with Crippen LogP contribution in [0.4, 0.5) is 0 Å². The number of aldehydes is 1. The summed E-state index contributed by atoms with van der Waals surface area (Å²) in [5.74, 6) is 0. The van der Waals surface area contributed by atoms with Crippen LogP contribution in [0.3, 0.4) is 0 Å². The highest BCUT2D eigenvalue weighted by Crippen LogP contribution is 2.20. The minimum absolute atomic E-state index is 0.696. The molecule has 0 unspecified atom stereocenters. The fraction of sp³-hybridized carbons (Fsp3) is 0.333. The average molecular weight is 237 g/mol. The molecule has 0 amide bonds. The Kier molecular flexibility index (Phi) is 5.27. The van der Waals surface area contributed by atoms with Crippen LogP contribution in [0.5, 0.6) is 0 Å². The second-order valence-electron chi connectivity index (χ2n) is 1.53. The molecule has 1 heterocycles. The molecule has 1 aromatic heterocycles. The standard InChI is InChI=1S/C5H4BrNOS.CH5N/c1-3-4(2-8)9-5(6)7-3;1-2/h2H,1H3;2H2,1H3. The summed E-state index contributed by atoms with van der Waals surface area (Å²) in [7, 11) is 1.50. The van der Waals surface area contributed by atoms with Gasteiger partial charge in [0.1, 0.15) is 0 Å². The first-order chi connectivity index (χ1) is 5.24. The van der Waals surface area contributed by atoms with Gasteiger partial charge in [-0.05, 0) is 29.9 Å². The number of aromatic nitrogens is 1. The monoisotopic (exact) mass is 236 g/mol. The van der Waals surface area contributed by atoms with Gasteiger partial charge in [-0.15, -0.1) is 11.3 Å². The van der Waals surface area contributed by atoms with Gasteiger partial charge in [0.25, 0.3) is 0 Å². The topological polar surface area (TPSA) is 56.0 Å². The third kappa shape index (κ3) is 3.09. The predicted molar refractivity (Wildman–Crippen MR) is 50.0 cm³/mol. The van der Waals surface area contributed by atoms with Crippen LogP contribution in [0.15, 0.2) is 3.92 Å². The summed E-state index contributed by atoms with van der Waals surface area (Å²) in [6, 6.07) is 0. The van der Waals surface area contributed by atoms with Crippen LogP contribution >= 0.6 is 27.3 Å². The van der Waals surface area contributed by atoms with Gasteiger partial charge in [0, 0.05) is 0 Å². The molecule has 0 aromatic carbocycles. The van der Waals surface area contributed by atoms with Crippen molar-refractivity contribution in [1.29, 1.82) is 0 Å². The SMILES string of the molecule is CN.Cc1nc(Br)sc1C=O. The molecule has 0 aliphatic carbocycles. The zero-order valence-corrected chi connectivity index (χ0v) is 8.70. The number of aryl methyl sites for hydroxylation is 1. The van der Waals surface area contributed by atoms with Gasteiger partial charge in [-0.1, -0.05) is 0 Å². The Morgan fingerprint density at radius 3 is 2.36 bits per heavy atom. The van der Waals surface area contributed by atoms with Crippen molar-refractivity contribution in [1.82, 2.24) is 4.98 Å². The van der Waals surface area contributed by atoms with Crippen LogP contribution in [0.2, 0.25) is 0 Å². The number of nitrogens with two attached hydrogens (primary N) is 1. The van der Waals surface area contributed by atoms with E-state index in [1.54, 1.807) is 0 Å². The van der Waals surface area contributed by atoms with Crippen molar-refractivity contribution in [3.05, 3.63) is 14.5 Å². The Morgan fingerprint density at radius 2 is 2.18 bits per heavy atom. The molecule has 0 aliphatic rings. The van der Waals surface area contributed by atoms with Crippen LogP contribution < -0.4 is 5.73 Å². The molecule has 0 fully saturated rings. The van der Waals surface area contributed by atoms with Crippen molar-refractivity contribution in [3.8, 4) is 0 Å². The van der Waals surface area contributed by atoms with Crippen molar-refractivity contribution in [2.24, 2.45) is 5.73 Å². The first-order valence-corrected chi connectivity index (χ1v) is 4.51. The largest absolute Gasteiger partial charge is 0.333 e. The van der Waals surface area contributed by atoms with Crippen molar-refractivity contribution >= 4 is 33.6 Å². The van der Waals surface area contributed by atoms with Crippen LogP contribution in [-0.4, -0.2) is 18.3 Å². The molecule has 0 radical (unpaired) electrons. The number of nitrogens with zero attached hydrogens (tertiary/aromatic N) is 1. The van der Waals surface area contributed by atoms with E-state index in [1.165, 1.54) is 18.4 Å². The summed E-state index contributed by atoms with van der Waals surface area (Å²) in [5.41, 5.74) is 5.29. The minimum Gasteiger partial charge on any atom is -0.333 e. The summed E-state index contributed by atoms with van der Waals surface area (Å²) >= 11 is 4.52. The van der Waals surface area contributed by atoms with E-state index in [2.05, 4.69) is 26.6 Å². The van der Waals surface area contributed by atoms with Gasteiger partial charge in [-0.2, -0.15) is 0 Å². The lowest BCUT2D eigenvalue weighted by atomic mass is 10.4. The maximum atomic E-state index is 10.2. The van der Waals surface area contributed by atoms with E-state index >= 15 is 0 Å². The molecule has 0 atom stereocenters. The van der Waals surface area contributed by atoms with E-state index in [0.717, 1.165) is 15.9 Å². The van der Waals surface area contributed by atoms with Crippen LogP contribution in [0.25, 0.3) is 0 Å². The van der Waals surface area contributed by atoms with Crippen LogP contribution in [0, 0.1) is 6.92 Å². The third-order valence-corrected chi connectivity index (χ3v) is 2.45. The Labute approximate surface area is 77.8 Å². The first-order valence-electron chi connectivity index (χ1n) is 2.90. The summed E-state index contributed by atoms with van der Waals surface area (Å²) in [5, 5.41) is 0. The zero-order valence-electron chi connectivity index (χ0n) is 6.30. The lowest BCUT2D eigenvalue weighted by molar-refractivity contribution is 0.112. The van der Waals surface area contributed by atoms with E-state index in [1.807, 2.05) is 6.92 Å². The summed E-state index contributed by atoms with van der Waals surface area (Å²) in [6.07, 6.45) is 0.817. The average Bonchev–Trinajstić information content (AvgIpc) is 2.33. The smallest absolute Gasteiger partial charge is 0.161 e. The lowest BCUT2D eigenvalue weighted by Gasteiger charge is -1.76. The van der Waals surface area contributed by atoms with Gasteiger partial charge in [0.15, 0.2) is 10.2 Å². The van der Waals surface area contributed by atoms with E-state index in [0.29, 0.717) is 4.88 Å². The molecule has 0 saturated heterocycles.